The van der Waals surface area contributed by atoms with Gasteiger partial charge in [0.15, 0.2) is 0 Å². The molecule has 0 nitrogen and oxygen atoms in total. The van der Waals surface area contributed by atoms with E-state index in [4.69, 9.17) is 46.4 Å². The van der Waals surface area contributed by atoms with Crippen molar-refractivity contribution >= 4 is 46.4 Å². The second-order valence-corrected chi connectivity index (χ2v) is 3.23. The Kier molecular flexibility index (Phi) is 5.77. The molecule has 0 amide bonds. The van der Waals surface area contributed by atoms with E-state index in [9.17, 15) is 0 Å². The molecule has 0 aromatic heterocycles. The van der Waals surface area contributed by atoms with Crippen LogP contribution in [0.15, 0.2) is 25.3 Å². The fraction of sp³-hybridized carbons (Fsp3) is 0. The van der Waals surface area contributed by atoms with Crippen molar-refractivity contribution in [3.05, 3.63) is 45.4 Å². The molecular weight excluding hydrogens is 238 g/mol. The first-order chi connectivity index (χ1) is 5.63. The van der Waals surface area contributed by atoms with E-state index < -0.39 is 0 Å². The minimum absolute atomic E-state index is 0.302. The van der Waals surface area contributed by atoms with Gasteiger partial charge in [-0.2, -0.15) is 0 Å². The third-order valence-electron chi connectivity index (χ3n) is 0.988. The number of hydrogen-bond donors (Lipinski definition) is 0. The highest BCUT2D eigenvalue weighted by atomic mass is 35.5. The second kappa shape index (κ2) is 5.71. The largest absolute Gasteiger partial charge is 0.106 e. The summed E-state index contributed by atoms with van der Waals surface area (Å²) in [5.41, 5.74) is 0. The molecule has 1 rings (SSSR count). The smallest absolute Gasteiger partial charge is 0.0793 e. The van der Waals surface area contributed by atoms with Gasteiger partial charge in [0.1, 0.15) is 0 Å². The van der Waals surface area contributed by atoms with Gasteiger partial charge in [0.2, 0.25) is 0 Å². The molecule has 0 N–H and O–H groups in total. The molecule has 0 atom stereocenters. The molecule has 0 aliphatic heterocycles. The van der Waals surface area contributed by atoms with Crippen molar-refractivity contribution in [2.75, 3.05) is 0 Å². The molecule has 0 saturated heterocycles. The van der Waals surface area contributed by atoms with Gasteiger partial charge in [-0.1, -0.05) is 46.4 Å². The van der Waals surface area contributed by atoms with Gasteiger partial charge in [-0.05, 0) is 12.1 Å². The van der Waals surface area contributed by atoms with Crippen LogP contribution in [0.4, 0.5) is 0 Å². The van der Waals surface area contributed by atoms with Crippen molar-refractivity contribution in [2.24, 2.45) is 0 Å². The fourth-order valence-electron chi connectivity index (χ4n) is 0.502. The maximum absolute atomic E-state index is 5.63. The molecular formula is C8H6Cl4. The van der Waals surface area contributed by atoms with Gasteiger partial charge in [-0.3, -0.25) is 0 Å². The monoisotopic (exact) mass is 242 g/mol. The van der Waals surface area contributed by atoms with Crippen LogP contribution in [0.2, 0.25) is 20.1 Å². The predicted octanol–water partition coefficient (Wildman–Crippen LogP) is 5.10. The molecule has 1 aromatic rings. The summed E-state index contributed by atoms with van der Waals surface area (Å²) in [6, 6.07) is 3.19. The van der Waals surface area contributed by atoms with Gasteiger partial charge in [0.05, 0.1) is 20.1 Å². The standard InChI is InChI=1S/C6H2Cl4.C2H4/c7-3-1-2-4(8)6(10)5(3)9;1-2/h1-2H;1-2H2. The topological polar surface area (TPSA) is 0 Å². The average Bonchev–Trinajstić information content (AvgIpc) is 2.12. The third kappa shape index (κ3) is 2.87. The van der Waals surface area contributed by atoms with Gasteiger partial charge in [-0.15, -0.1) is 13.2 Å². The van der Waals surface area contributed by atoms with Crippen LogP contribution in [0, 0.1) is 0 Å². The normalized spacial score (nSPS) is 8.67. The van der Waals surface area contributed by atoms with Crippen molar-refractivity contribution in [1.29, 1.82) is 0 Å². The van der Waals surface area contributed by atoms with Gasteiger partial charge in [0, 0.05) is 0 Å². The first-order valence-corrected chi connectivity index (χ1v) is 4.43. The first kappa shape index (κ1) is 12.1. The molecule has 0 bridgehead atoms. The third-order valence-corrected chi connectivity index (χ3v) is 2.69. The highest BCUT2D eigenvalue weighted by Crippen LogP contribution is 2.34. The van der Waals surface area contributed by atoms with E-state index in [1.807, 2.05) is 0 Å². The summed E-state index contributed by atoms with van der Waals surface area (Å²) in [6.07, 6.45) is 0. The number of halogens is 4. The van der Waals surface area contributed by atoms with Crippen molar-refractivity contribution in [3.63, 3.8) is 0 Å². The van der Waals surface area contributed by atoms with Gasteiger partial charge in [-0.25, -0.2) is 0 Å². The predicted molar refractivity (Wildman–Crippen MR) is 57.7 cm³/mol. The maximum atomic E-state index is 5.63. The summed E-state index contributed by atoms with van der Waals surface area (Å²) in [5.74, 6) is 0. The van der Waals surface area contributed by atoms with E-state index >= 15 is 0 Å². The molecule has 0 radical (unpaired) electrons. The van der Waals surface area contributed by atoms with Gasteiger partial charge < -0.3 is 0 Å². The Morgan fingerprint density at radius 3 is 1.25 bits per heavy atom. The van der Waals surface area contributed by atoms with E-state index in [1.54, 1.807) is 12.1 Å². The van der Waals surface area contributed by atoms with Crippen molar-refractivity contribution in [3.8, 4) is 0 Å². The Hall–Kier alpha value is 0.120. The molecule has 1 aromatic carbocycles. The summed E-state index contributed by atoms with van der Waals surface area (Å²) in [5, 5.41) is 1.43. The summed E-state index contributed by atoms with van der Waals surface area (Å²) in [6.45, 7) is 6.00. The van der Waals surface area contributed by atoms with Crippen LogP contribution in [0.1, 0.15) is 0 Å². The van der Waals surface area contributed by atoms with Crippen LogP contribution in [0.5, 0.6) is 0 Å². The lowest BCUT2D eigenvalue weighted by atomic mass is 10.4. The number of rotatable bonds is 0. The Morgan fingerprint density at radius 2 is 1.00 bits per heavy atom. The van der Waals surface area contributed by atoms with E-state index in [-0.39, 0.29) is 0 Å². The maximum Gasteiger partial charge on any atom is 0.0793 e. The van der Waals surface area contributed by atoms with Crippen LogP contribution in [0.3, 0.4) is 0 Å². The summed E-state index contributed by atoms with van der Waals surface area (Å²) in [4.78, 5) is 0. The molecule has 0 fully saturated rings. The molecule has 66 valence electrons. The van der Waals surface area contributed by atoms with E-state index in [0.29, 0.717) is 20.1 Å². The van der Waals surface area contributed by atoms with E-state index in [2.05, 4.69) is 13.2 Å². The van der Waals surface area contributed by atoms with Crippen LogP contribution < -0.4 is 0 Å². The second-order valence-electron chi connectivity index (χ2n) is 1.66. The van der Waals surface area contributed by atoms with Crippen molar-refractivity contribution in [1.82, 2.24) is 0 Å². The van der Waals surface area contributed by atoms with Gasteiger partial charge in [0.25, 0.3) is 0 Å². The molecule has 4 heteroatoms. The molecule has 0 spiro atoms. The van der Waals surface area contributed by atoms with Crippen LogP contribution in [-0.2, 0) is 0 Å². The van der Waals surface area contributed by atoms with Crippen LogP contribution in [0.25, 0.3) is 0 Å². The molecule has 0 aliphatic carbocycles. The fourth-order valence-corrected chi connectivity index (χ4v) is 1.24. The quantitative estimate of drug-likeness (QED) is 0.338. The molecule has 0 aliphatic rings. The summed E-state index contributed by atoms with van der Waals surface area (Å²) >= 11 is 22.5. The van der Waals surface area contributed by atoms with Gasteiger partial charge >= 0.3 is 0 Å². The van der Waals surface area contributed by atoms with E-state index in [0.717, 1.165) is 0 Å². The zero-order chi connectivity index (χ0) is 9.72. The zero-order valence-corrected chi connectivity index (χ0v) is 9.10. The Morgan fingerprint density at radius 1 is 0.750 bits per heavy atom. The lowest BCUT2D eigenvalue weighted by Gasteiger charge is -1.98. The lowest BCUT2D eigenvalue weighted by molar-refractivity contribution is 1.70. The SMILES string of the molecule is C=C.Clc1ccc(Cl)c(Cl)c1Cl. The Labute approximate surface area is 91.7 Å². The number of hydrogen-bond acceptors (Lipinski definition) is 0. The molecule has 12 heavy (non-hydrogen) atoms. The first-order valence-electron chi connectivity index (χ1n) is 2.92. The lowest BCUT2D eigenvalue weighted by Crippen LogP contribution is -1.71. The summed E-state index contributed by atoms with van der Waals surface area (Å²) < 4.78 is 0. The van der Waals surface area contributed by atoms with Crippen LogP contribution in [-0.4, -0.2) is 0 Å². The number of benzene rings is 1. The van der Waals surface area contributed by atoms with Crippen molar-refractivity contribution in [2.45, 2.75) is 0 Å². The average molecular weight is 244 g/mol. The summed E-state index contributed by atoms with van der Waals surface area (Å²) in [7, 11) is 0. The van der Waals surface area contributed by atoms with E-state index in [1.165, 1.54) is 0 Å². The zero-order valence-electron chi connectivity index (χ0n) is 6.08. The van der Waals surface area contributed by atoms with Crippen molar-refractivity contribution < 1.29 is 0 Å². The highest BCUT2D eigenvalue weighted by molar-refractivity contribution is 6.51. The molecule has 0 unspecified atom stereocenters. The minimum atomic E-state index is 0.302. The highest BCUT2D eigenvalue weighted by Gasteiger charge is 2.05. The Bertz CT molecular complexity index is 243. The molecule has 0 heterocycles. The Balaban J connectivity index is 0.000000561. The minimum Gasteiger partial charge on any atom is -0.106 e. The van der Waals surface area contributed by atoms with Crippen LogP contribution >= 0.6 is 46.4 Å². The molecule has 0 saturated carbocycles.